The predicted molar refractivity (Wildman–Crippen MR) is 106 cm³/mol. The number of piperidine rings is 1. The van der Waals surface area contributed by atoms with Crippen LogP contribution < -0.4 is 5.56 Å². The minimum absolute atomic E-state index is 0.0798. The Morgan fingerprint density at radius 2 is 2.04 bits per heavy atom. The van der Waals surface area contributed by atoms with E-state index in [1.165, 1.54) is 18.4 Å². The maximum absolute atomic E-state index is 12.4. The van der Waals surface area contributed by atoms with Crippen LogP contribution in [-0.2, 0) is 25.9 Å². The van der Waals surface area contributed by atoms with Crippen molar-refractivity contribution in [2.24, 2.45) is 5.92 Å². The van der Waals surface area contributed by atoms with Gasteiger partial charge in [-0.1, -0.05) is 0 Å². The topological polar surface area (TPSA) is 55.4 Å². The molecule has 5 rings (SSSR count). The van der Waals surface area contributed by atoms with E-state index in [2.05, 4.69) is 27.1 Å². The van der Waals surface area contributed by atoms with Gasteiger partial charge in [-0.25, -0.2) is 9.67 Å². The van der Waals surface area contributed by atoms with Gasteiger partial charge in [0.1, 0.15) is 0 Å². The smallest absolute Gasteiger partial charge is 0.267 e. The first kappa shape index (κ1) is 17.1. The van der Waals surface area contributed by atoms with Crippen LogP contribution in [0.25, 0.3) is 4.96 Å². The van der Waals surface area contributed by atoms with Crippen molar-refractivity contribution >= 4 is 16.3 Å². The van der Waals surface area contributed by atoms with E-state index >= 15 is 0 Å². The molecule has 1 saturated heterocycles. The van der Waals surface area contributed by atoms with Crippen molar-refractivity contribution < 1.29 is 0 Å². The molecule has 1 aliphatic carbocycles. The van der Waals surface area contributed by atoms with Crippen LogP contribution in [0.4, 0.5) is 0 Å². The largest absolute Gasteiger partial charge is 0.297 e. The summed E-state index contributed by atoms with van der Waals surface area (Å²) in [5.74, 6) is 0.540. The molecule has 27 heavy (non-hydrogen) atoms. The molecule has 1 aliphatic heterocycles. The van der Waals surface area contributed by atoms with Crippen molar-refractivity contribution in [2.75, 3.05) is 13.1 Å². The van der Waals surface area contributed by atoms with Crippen LogP contribution >= 0.6 is 11.3 Å². The Hall–Kier alpha value is -1.99. The van der Waals surface area contributed by atoms with Gasteiger partial charge in [-0.05, 0) is 63.1 Å². The number of likely N-dealkylation sites (tertiary alicyclic amines) is 1. The molecule has 0 spiro atoms. The van der Waals surface area contributed by atoms with Crippen molar-refractivity contribution in [3.05, 3.63) is 51.1 Å². The van der Waals surface area contributed by atoms with Gasteiger partial charge in [-0.2, -0.15) is 5.10 Å². The van der Waals surface area contributed by atoms with E-state index < -0.39 is 0 Å². The summed E-state index contributed by atoms with van der Waals surface area (Å²) in [5, 5.41) is 6.75. The zero-order valence-electron chi connectivity index (χ0n) is 15.5. The number of aryl methyl sites for hydroxylation is 2. The van der Waals surface area contributed by atoms with E-state index in [1.54, 1.807) is 16.0 Å². The molecule has 0 bridgehead atoms. The van der Waals surface area contributed by atoms with Gasteiger partial charge in [-0.3, -0.25) is 14.1 Å². The number of rotatable bonds is 4. The molecule has 2 aliphatic rings. The molecule has 3 aromatic rings. The number of hydrogen-bond donors (Lipinski definition) is 0. The molecular formula is C20H25N5OS. The second kappa shape index (κ2) is 7.20. The van der Waals surface area contributed by atoms with E-state index in [0.717, 1.165) is 68.2 Å². The average molecular weight is 384 g/mol. The zero-order chi connectivity index (χ0) is 18.2. The van der Waals surface area contributed by atoms with Gasteiger partial charge in [0.25, 0.3) is 5.56 Å². The van der Waals surface area contributed by atoms with Crippen LogP contribution in [0.1, 0.15) is 42.6 Å². The van der Waals surface area contributed by atoms with E-state index in [9.17, 15) is 4.79 Å². The monoisotopic (exact) mass is 383 g/mol. The van der Waals surface area contributed by atoms with Crippen molar-refractivity contribution in [3.8, 4) is 0 Å². The number of fused-ring (bicyclic) bond motifs is 2. The van der Waals surface area contributed by atoms with Gasteiger partial charge >= 0.3 is 0 Å². The lowest BCUT2D eigenvalue weighted by molar-refractivity contribution is 0.162. The summed E-state index contributed by atoms with van der Waals surface area (Å²) < 4.78 is 3.83. The molecular weight excluding hydrogens is 358 g/mol. The summed E-state index contributed by atoms with van der Waals surface area (Å²) in [5.41, 5.74) is 3.55. The molecule has 7 heteroatoms. The summed E-state index contributed by atoms with van der Waals surface area (Å²) >= 11 is 1.68. The average Bonchev–Trinajstić information content (AvgIpc) is 3.25. The first-order valence-corrected chi connectivity index (χ1v) is 10.9. The minimum Gasteiger partial charge on any atom is -0.297 e. The molecule has 0 atom stereocenters. The van der Waals surface area contributed by atoms with Crippen LogP contribution in [0, 0.1) is 5.92 Å². The highest BCUT2D eigenvalue weighted by Crippen LogP contribution is 2.22. The zero-order valence-corrected chi connectivity index (χ0v) is 16.3. The highest BCUT2D eigenvalue weighted by Gasteiger charge is 2.22. The van der Waals surface area contributed by atoms with Crippen LogP contribution in [0.5, 0.6) is 0 Å². The predicted octanol–water partition coefficient (Wildman–Crippen LogP) is 2.74. The fourth-order valence-corrected chi connectivity index (χ4v) is 5.10. The number of thiazole rings is 1. The second-order valence-electron chi connectivity index (χ2n) is 7.89. The fourth-order valence-electron chi connectivity index (χ4n) is 4.38. The van der Waals surface area contributed by atoms with Gasteiger partial charge in [-0.15, -0.1) is 11.3 Å². The number of nitrogens with zero attached hydrogens (tertiary/aromatic N) is 5. The molecule has 0 radical (unpaired) electrons. The van der Waals surface area contributed by atoms with Gasteiger partial charge < -0.3 is 0 Å². The van der Waals surface area contributed by atoms with Crippen LogP contribution in [-0.4, -0.2) is 37.2 Å². The Morgan fingerprint density at radius 3 is 2.89 bits per heavy atom. The Bertz CT molecular complexity index is 967. The SMILES string of the molecule is O=c1cc2c(nn1CC1CCN(Cc3cn4ccsc4n3)CC1)CCCC2. The lowest BCUT2D eigenvalue weighted by Crippen LogP contribution is -2.37. The molecule has 4 heterocycles. The van der Waals surface area contributed by atoms with Crippen molar-refractivity contribution in [3.63, 3.8) is 0 Å². The molecule has 0 N–H and O–H groups in total. The van der Waals surface area contributed by atoms with Gasteiger partial charge in [0.15, 0.2) is 4.96 Å². The summed E-state index contributed by atoms with van der Waals surface area (Å²) in [4.78, 5) is 20.6. The number of aromatic nitrogens is 4. The van der Waals surface area contributed by atoms with Gasteiger partial charge in [0.2, 0.25) is 0 Å². The molecule has 0 saturated carbocycles. The third-order valence-corrected chi connectivity index (χ3v) is 6.71. The maximum Gasteiger partial charge on any atom is 0.267 e. The molecule has 6 nitrogen and oxygen atoms in total. The summed E-state index contributed by atoms with van der Waals surface area (Å²) in [7, 11) is 0. The molecule has 142 valence electrons. The van der Waals surface area contributed by atoms with Crippen LogP contribution in [0.15, 0.2) is 28.6 Å². The van der Waals surface area contributed by atoms with E-state index in [1.807, 2.05) is 6.07 Å². The fraction of sp³-hybridized carbons (Fsp3) is 0.550. The second-order valence-corrected chi connectivity index (χ2v) is 8.76. The number of imidazole rings is 1. The van der Waals surface area contributed by atoms with Crippen LogP contribution in [0.2, 0.25) is 0 Å². The van der Waals surface area contributed by atoms with E-state index in [0.29, 0.717) is 5.92 Å². The Kier molecular flexibility index (Phi) is 4.57. The highest BCUT2D eigenvalue weighted by atomic mass is 32.1. The minimum atomic E-state index is 0.0798. The molecule has 3 aromatic heterocycles. The standard InChI is InChI=1S/C20H25N5OS/c26-19-11-16-3-1-2-4-18(16)22-25(19)12-15-5-7-23(8-6-15)13-17-14-24-9-10-27-20(24)21-17/h9-11,14-15H,1-8,12-13H2. The summed E-state index contributed by atoms with van der Waals surface area (Å²) in [6, 6.07) is 1.83. The normalized spacial score (nSPS) is 18.8. The Labute approximate surface area is 162 Å². The van der Waals surface area contributed by atoms with Crippen molar-refractivity contribution in [2.45, 2.75) is 51.6 Å². The lowest BCUT2D eigenvalue weighted by atomic mass is 9.96. The third-order valence-electron chi connectivity index (χ3n) is 5.94. The van der Waals surface area contributed by atoms with Crippen molar-refractivity contribution in [1.82, 2.24) is 24.1 Å². The summed E-state index contributed by atoms with van der Waals surface area (Å²) in [6.45, 7) is 3.81. The Morgan fingerprint density at radius 1 is 1.19 bits per heavy atom. The first-order valence-electron chi connectivity index (χ1n) is 9.98. The molecule has 1 fully saturated rings. The summed E-state index contributed by atoms with van der Waals surface area (Å²) in [6.07, 6.45) is 10.9. The lowest BCUT2D eigenvalue weighted by Gasteiger charge is -2.31. The highest BCUT2D eigenvalue weighted by molar-refractivity contribution is 7.15. The first-order chi connectivity index (χ1) is 13.2. The quantitative estimate of drug-likeness (QED) is 0.695. The molecule has 0 aromatic carbocycles. The molecule has 0 amide bonds. The number of hydrogen-bond acceptors (Lipinski definition) is 5. The van der Waals surface area contributed by atoms with Gasteiger partial charge in [0, 0.05) is 36.9 Å². The van der Waals surface area contributed by atoms with Gasteiger partial charge in [0.05, 0.1) is 11.4 Å². The van der Waals surface area contributed by atoms with E-state index in [-0.39, 0.29) is 5.56 Å². The maximum atomic E-state index is 12.4. The van der Waals surface area contributed by atoms with Crippen LogP contribution in [0.3, 0.4) is 0 Å². The molecule has 0 unspecified atom stereocenters. The Balaban J connectivity index is 1.19. The third kappa shape index (κ3) is 3.58. The van der Waals surface area contributed by atoms with E-state index in [4.69, 9.17) is 10.1 Å². The van der Waals surface area contributed by atoms with Crippen molar-refractivity contribution in [1.29, 1.82) is 0 Å².